The van der Waals surface area contributed by atoms with Crippen LogP contribution in [0.2, 0.25) is 0 Å². The average Bonchev–Trinajstić information content (AvgIpc) is 2.84. The number of nitrogens with one attached hydrogen (secondary N) is 2. The zero-order chi connectivity index (χ0) is 22.2. The molecule has 0 aliphatic rings. The molecule has 0 amide bonds. The van der Waals surface area contributed by atoms with Crippen LogP contribution < -0.4 is 10.6 Å². The molecule has 3 N–H and O–H groups in total. The number of benzene rings is 3. The van der Waals surface area contributed by atoms with Gasteiger partial charge in [0.1, 0.15) is 18.2 Å². The average molecular weight is 425 g/mol. The van der Waals surface area contributed by atoms with Gasteiger partial charge >= 0.3 is 5.97 Å². The molecule has 0 radical (unpaired) electrons. The smallest absolute Gasteiger partial charge is 0.326 e. The Kier molecular flexibility index (Phi) is 6.72. The first-order valence-electron chi connectivity index (χ1n) is 10.4. The van der Waals surface area contributed by atoms with Crippen LogP contribution in [0.25, 0.3) is 11.3 Å². The van der Waals surface area contributed by atoms with Crippen molar-refractivity contribution in [2.45, 2.75) is 19.0 Å². The van der Waals surface area contributed by atoms with Crippen molar-refractivity contribution in [1.82, 2.24) is 9.97 Å². The molecule has 0 saturated heterocycles. The van der Waals surface area contributed by atoms with Crippen molar-refractivity contribution in [2.75, 3.05) is 10.6 Å². The zero-order valence-corrected chi connectivity index (χ0v) is 17.5. The summed E-state index contributed by atoms with van der Waals surface area (Å²) in [5, 5.41) is 16.1. The highest BCUT2D eigenvalue weighted by molar-refractivity contribution is 5.77. The number of aliphatic carboxylic acids is 1. The lowest BCUT2D eigenvalue weighted by Gasteiger charge is -2.15. The molecular weight excluding hydrogens is 400 g/mol. The van der Waals surface area contributed by atoms with E-state index in [-0.39, 0.29) is 0 Å². The first-order chi connectivity index (χ1) is 15.7. The second-order valence-electron chi connectivity index (χ2n) is 7.43. The lowest BCUT2D eigenvalue weighted by atomic mass is 10.1. The molecule has 3 aromatic carbocycles. The number of hydrogen-bond donors (Lipinski definition) is 3. The molecule has 32 heavy (non-hydrogen) atoms. The first kappa shape index (κ1) is 21.1. The minimum Gasteiger partial charge on any atom is -0.480 e. The fourth-order valence-electron chi connectivity index (χ4n) is 3.38. The number of hydrogen-bond acceptors (Lipinski definition) is 5. The van der Waals surface area contributed by atoms with Gasteiger partial charge in [-0.3, -0.25) is 0 Å². The van der Waals surface area contributed by atoms with Crippen molar-refractivity contribution < 1.29 is 9.90 Å². The molecule has 1 heterocycles. The van der Waals surface area contributed by atoms with Gasteiger partial charge in [-0.25, -0.2) is 14.8 Å². The molecule has 1 aromatic heterocycles. The second kappa shape index (κ2) is 10.2. The van der Waals surface area contributed by atoms with Gasteiger partial charge < -0.3 is 15.7 Å². The van der Waals surface area contributed by atoms with E-state index >= 15 is 0 Å². The largest absolute Gasteiger partial charge is 0.480 e. The van der Waals surface area contributed by atoms with Crippen LogP contribution in [0.1, 0.15) is 11.1 Å². The summed E-state index contributed by atoms with van der Waals surface area (Å²) in [6, 6.07) is 28.7. The minimum atomic E-state index is -0.927. The molecule has 6 heteroatoms. The van der Waals surface area contributed by atoms with E-state index < -0.39 is 12.0 Å². The Morgan fingerprint density at radius 1 is 0.844 bits per heavy atom. The third kappa shape index (κ3) is 5.70. The Morgan fingerprint density at radius 3 is 2.22 bits per heavy atom. The van der Waals surface area contributed by atoms with E-state index in [1.54, 1.807) is 6.07 Å². The summed E-state index contributed by atoms with van der Waals surface area (Å²) >= 11 is 0. The number of carboxylic acid groups (broad SMARTS) is 1. The van der Waals surface area contributed by atoms with E-state index in [0.717, 1.165) is 34.6 Å². The second-order valence-corrected chi connectivity index (χ2v) is 7.43. The van der Waals surface area contributed by atoms with Crippen LogP contribution in [0.5, 0.6) is 0 Å². The summed E-state index contributed by atoms with van der Waals surface area (Å²) in [5.74, 6) is -0.447. The molecular formula is C26H24N4O2. The number of nitrogens with zero attached hydrogens (tertiary/aromatic N) is 2. The van der Waals surface area contributed by atoms with Gasteiger partial charge in [-0.2, -0.15) is 0 Å². The van der Waals surface area contributed by atoms with Crippen LogP contribution in [-0.4, -0.2) is 27.1 Å². The lowest BCUT2D eigenvalue weighted by Crippen LogP contribution is -2.31. The van der Waals surface area contributed by atoms with Crippen molar-refractivity contribution >= 4 is 17.5 Å². The molecule has 0 saturated carbocycles. The molecule has 160 valence electrons. The molecule has 0 unspecified atom stereocenters. The van der Waals surface area contributed by atoms with Crippen LogP contribution in [0, 0.1) is 0 Å². The third-order valence-corrected chi connectivity index (χ3v) is 5.09. The number of carbonyl (C=O) groups is 1. The van der Waals surface area contributed by atoms with Crippen molar-refractivity contribution in [3.63, 3.8) is 0 Å². The Balaban J connectivity index is 1.43. The highest BCUT2D eigenvalue weighted by Gasteiger charge is 2.18. The Bertz CT molecular complexity index is 1150. The first-order valence-corrected chi connectivity index (χ1v) is 10.4. The standard InChI is InChI=1S/C26H24N4O2/c31-26(32)24(15-19-7-3-1-4-8-19)30-25-16-23(28-18-29-25)21-13-11-20(12-14-21)17-27-22-9-5-2-6-10-22/h1-14,16,18,24,27H,15,17H2,(H,31,32)(H,28,29,30)/t24-/m0/s1. The zero-order valence-electron chi connectivity index (χ0n) is 17.5. The summed E-state index contributed by atoms with van der Waals surface area (Å²) in [6.07, 6.45) is 1.81. The number of rotatable bonds is 9. The van der Waals surface area contributed by atoms with E-state index in [9.17, 15) is 9.90 Å². The fraction of sp³-hybridized carbons (Fsp3) is 0.115. The van der Waals surface area contributed by atoms with E-state index in [2.05, 4.69) is 32.7 Å². The molecule has 0 spiro atoms. The number of anilines is 2. The van der Waals surface area contributed by atoms with Crippen LogP contribution in [-0.2, 0) is 17.8 Å². The molecule has 6 nitrogen and oxygen atoms in total. The van der Waals surface area contributed by atoms with E-state index in [1.165, 1.54) is 6.33 Å². The van der Waals surface area contributed by atoms with Gasteiger partial charge in [0, 0.05) is 30.3 Å². The van der Waals surface area contributed by atoms with Gasteiger partial charge in [0.2, 0.25) is 0 Å². The monoisotopic (exact) mass is 424 g/mol. The van der Waals surface area contributed by atoms with Gasteiger partial charge in [0.05, 0.1) is 5.69 Å². The molecule has 1 atom stereocenters. The molecule has 0 aliphatic carbocycles. The summed E-state index contributed by atoms with van der Waals surface area (Å²) < 4.78 is 0. The SMILES string of the molecule is O=C(O)[C@H](Cc1ccccc1)Nc1cc(-c2ccc(CNc3ccccc3)cc2)ncn1. The highest BCUT2D eigenvalue weighted by Crippen LogP contribution is 2.21. The van der Waals surface area contributed by atoms with Crippen LogP contribution >= 0.6 is 0 Å². The highest BCUT2D eigenvalue weighted by atomic mass is 16.4. The van der Waals surface area contributed by atoms with Crippen molar-refractivity contribution in [3.8, 4) is 11.3 Å². The van der Waals surface area contributed by atoms with E-state index in [0.29, 0.717) is 12.2 Å². The molecule has 0 bridgehead atoms. The van der Waals surface area contributed by atoms with Gasteiger partial charge in [-0.05, 0) is 23.3 Å². The van der Waals surface area contributed by atoms with Gasteiger partial charge in [-0.1, -0.05) is 72.8 Å². The summed E-state index contributed by atoms with van der Waals surface area (Å²) in [5.41, 5.74) is 4.84. The van der Waals surface area contributed by atoms with E-state index in [1.807, 2.05) is 72.8 Å². The quantitative estimate of drug-likeness (QED) is 0.356. The maximum absolute atomic E-state index is 11.8. The van der Waals surface area contributed by atoms with Crippen molar-refractivity contribution in [2.24, 2.45) is 0 Å². The molecule has 0 aliphatic heterocycles. The summed E-state index contributed by atoms with van der Waals surface area (Å²) in [6.45, 7) is 0.723. The fourth-order valence-corrected chi connectivity index (χ4v) is 3.38. The number of carboxylic acids is 1. The number of para-hydroxylation sites is 1. The maximum atomic E-state index is 11.8. The Morgan fingerprint density at radius 2 is 1.53 bits per heavy atom. The minimum absolute atomic E-state index is 0.360. The molecule has 4 aromatic rings. The van der Waals surface area contributed by atoms with Crippen LogP contribution in [0.4, 0.5) is 11.5 Å². The van der Waals surface area contributed by atoms with Crippen LogP contribution in [0.3, 0.4) is 0 Å². The Hall–Kier alpha value is -4.19. The van der Waals surface area contributed by atoms with Gasteiger partial charge in [0.25, 0.3) is 0 Å². The normalized spacial score (nSPS) is 11.5. The summed E-state index contributed by atoms with van der Waals surface area (Å²) in [4.78, 5) is 20.3. The van der Waals surface area contributed by atoms with Gasteiger partial charge in [0.15, 0.2) is 0 Å². The predicted molar refractivity (Wildman–Crippen MR) is 126 cm³/mol. The summed E-state index contributed by atoms with van der Waals surface area (Å²) in [7, 11) is 0. The molecule has 0 fully saturated rings. The predicted octanol–water partition coefficient (Wildman–Crippen LogP) is 4.86. The van der Waals surface area contributed by atoms with Crippen molar-refractivity contribution in [1.29, 1.82) is 0 Å². The molecule has 4 rings (SSSR count). The third-order valence-electron chi connectivity index (χ3n) is 5.09. The topological polar surface area (TPSA) is 87.1 Å². The maximum Gasteiger partial charge on any atom is 0.326 e. The van der Waals surface area contributed by atoms with Gasteiger partial charge in [-0.15, -0.1) is 0 Å². The van der Waals surface area contributed by atoms with Crippen LogP contribution in [0.15, 0.2) is 97.3 Å². The Labute approximate surface area is 187 Å². The lowest BCUT2D eigenvalue weighted by molar-refractivity contribution is -0.137. The number of aromatic nitrogens is 2. The van der Waals surface area contributed by atoms with Crippen molar-refractivity contribution in [3.05, 3.63) is 108 Å². The van der Waals surface area contributed by atoms with E-state index in [4.69, 9.17) is 0 Å².